The highest BCUT2D eigenvalue weighted by atomic mass is 79.9. The maximum absolute atomic E-state index is 5.77. The third-order valence-electron chi connectivity index (χ3n) is 2.51. The summed E-state index contributed by atoms with van der Waals surface area (Å²) in [5.41, 5.74) is 0. The molecule has 2 rings (SSSR count). The molecule has 0 spiro atoms. The van der Waals surface area contributed by atoms with Crippen molar-refractivity contribution in [3.8, 4) is 0 Å². The van der Waals surface area contributed by atoms with E-state index in [1.807, 2.05) is 36.4 Å². The molecule has 2 atom stereocenters. The standard InChI is InChI=1S/C16H16Br2OS2/c17-15(20-13-7-3-1-4-8-13)11-19-12-16(18)21-14-9-5-2-6-10-14/h1-10,15-16H,11-12H2. The van der Waals surface area contributed by atoms with Gasteiger partial charge in [0, 0.05) is 9.79 Å². The second-order valence-electron chi connectivity index (χ2n) is 4.22. The summed E-state index contributed by atoms with van der Waals surface area (Å²) < 4.78 is 6.30. The van der Waals surface area contributed by atoms with Gasteiger partial charge in [-0.05, 0) is 24.3 Å². The number of benzene rings is 2. The molecule has 2 unspecified atom stereocenters. The Kier molecular flexibility index (Phi) is 8.25. The van der Waals surface area contributed by atoms with E-state index in [0.717, 1.165) is 0 Å². The van der Waals surface area contributed by atoms with E-state index in [1.54, 1.807) is 23.5 Å². The maximum Gasteiger partial charge on any atom is 0.0880 e. The molecule has 0 bridgehead atoms. The minimum atomic E-state index is 0.265. The molecule has 112 valence electrons. The predicted molar refractivity (Wildman–Crippen MR) is 101 cm³/mol. The summed E-state index contributed by atoms with van der Waals surface area (Å²) in [6, 6.07) is 20.7. The van der Waals surface area contributed by atoms with Crippen LogP contribution in [0.4, 0.5) is 0 Å². The largest absolute Gasteiger partial charge is 0.377 e. The molecule has 2 aromatic carbocycles. The van der Waals surface area contributed by atoms with Gasteiger partial charge in [0.25, 0.3) is 0 Å². The minimum absolute atomic E-state index is 0.265. The van der Waals surface area contributed by atoms with Crippen LogP contribution in [0.2, 0.25) is 0 Å². The average Bonchev–Trinajstić information content (AvgIpc) is 2.49. The summed E-state index contributed by atoms with van der Waals surface area (Å²) >= 11 is 10.8. The van der Waals surface area contributed by atoms with Crippen LogP contribution in [0.25, 0.3) is 0 Å². The lowest BCUT2D eigenvalue weighted by Crippen LogP contribution is -2.10. The van der Waals surface area contributed by atoms with Crippen LogP contribution in [0.1, 0.15) is 0 Å². The van der Waals surface area contributed by atoms with Crippen LogP contribution in [-0.2, 0) is 4.74 Å². The van der Waals surface area contributed by atoms with Crippen molar-refractivity contribution in [3.63, 3.8) is 0 Å². The minimum Gasteiger partial charge on any atom is -0.377 e. The Morgan fingerprint density at radius 2 is 1.10 bits per heavy atom. The molecule has 0 saturated heterocycles. The maximum atomic E-state index is 5.77. The summed E-state index contributed by atoms with van der Waals surface area (Å²) in [7, 11) is 0. The fourth-order valence-electron chi connectivity index (χ4n) is 1.61. The summed E-state index contributed by atoms with van der Waals surface area (Å²) in [4.78, 5) is 2.49. The highest BCUT2D eigenvalue weighted by Crippen LogP contribution is 2.29. The van der Waals surface area contributed by atoms with Crippen LogP contribution in [-0.4, -0.2) is 21.5 Å². The number of alkyl halides is 2. The molecule has 5 heteroatoms. The van der Waals surface area contributed by atoms with Gasteiger partial charge in [-0.3, -0.25) is 0 Å². The molecule has 2 aromatic rings. The number of hydrogen-bond acceptors (Lipinski definition) is 3. The van der Waals surface area contributed by atoms with E-state index in [1.165, 1.54) is 9.79 Å². The second kappa shape index (κ2) is 9.95. The molecule has 0 aliphatic heterocycles. The fourth-order valence-corrected chi connectivity index (χ4v) is 4.83. The molecule has 21 heavy (non-hydrogen) atoms. The van der Waals surface area contributed by atoms with Crippen molar-refractivity contribution in [1.29, 1.82) is 0 Å². The van der Waals surface area contributed by atoms with Crippen molar-refractivity contribution < 1.29 is 4.74 Å². The lowest BCUT2D eigenvalue weighted by molar-refractivity contribution is 0.160. The Morgan fingerprint density at radius 1 is 0.714 bits per heavy atom. The molecule has 0 amide bonds. The van der Waals surface area contributed by atoms with Crippen LogP contribution < -0.4 is 0 Å². The molecule has 0 saturated carbocycles. The zero-order valence-corrected chi connectivity index (χ0v) is 16.1. The molecule has 0 aliphatic carbocycles. The Labute approximate surface area is 151 Å². The number of thioether (sulfide) groups is 2. The summed E-state index contributed by atoms with van der Waals surface area (Å²) in [6.45, 7) is 1.36. The normalized spacial score (nSPS) is 13.8. The van der Waals surface area contributed by atoms with Crippen LogP contribution in [0.3, 0.4) is 0 Å². The average molecular weight is 448 g/mol. The van der Waals surface area contributed by atoms with Gasteiger partial charge in [-0.2, -0.15) is 0 Å². The van der Waals surface area contributed by atoms with Gasteiger partial charge in [-0.15, -0.1) is 23.5 Å². The molecular weight excluding hydrogens is 432 g/mol. The monoisotopic (exact) mass is 446 g/mol. The van der Waals surface area contributed by atoms with E-state index in [0.29, 0.717) is 13.2 Å². The zero-order valence-electron chi connectivity index (χ0n) is 11.3. The van der Waals surface area contributed by atoms with Crippen LogP contribution in [0.5, 0.6) is 0 Å². The Bertz CT molecular complexity index is 463. The molecular formula is C16H16Br2OS2. The molecule has 0 aromatic heterocycles. The SMILES string of the molecule is BrC(COCC(Br)Sc1ccccc1)Sc1ccccc1. The van der Waals surface area contributed by atoms with E-state index >= 15 is 0 Å². The van der Waals surface area contributed by atoms with Crippen molar-refractivity contribution >= 4 is 55.4 Å². The predicted octanol–water partition coefficient (Wildman–Crippen LogP) is 6.03. The van der Waals surface area contributed by atoms with E-state index in [2.05, 4.69) is 56.1 Å². The highest BCUT2D eigenvalue weighted by Gasteiger charge is 2.10. The van der Waals surface area contributed by atoms with Crippen LogP contribution in [0.15, 0.2) is 70.5 Å². The third kappa shape index (κ3) is 7.24. The van der Waals surface area contributed by atoms with Gasteiger partial charge < -0.3 is 4.74 Å². The molecule has 0 N–H and O–H groups in total. The van der Waals surface area contributed by atoms with Gasteiger partial charge in [-0.1, -0.05) is 68.3 Å². The van der Waals surface area contributed by atoms with E-state index in [9.17, 15) is 0 Å². The lowest BCUT2D eigenvalue weighted by Gasteiger charge is -2.13. The highest BCUT2D eigenvalue weighted by molar-refractivity contribution is 9.11. The smallest absolute Gasteiger partial charge is 0.0880 e. The molecule has 1 nitrogen and oxygen atoms in total. The van der Waals surface area contributed by atoms with Crippen molar-refractivity contribution in [2.45, 2.75) is 18.1 Å². The van der Waals surface area contributed by atoms with Crippen molar-refractivity contribution in [2.24, 2.45) is 0 Å². The topological polar surface area (TPSA) is 9.23 Å². The first-order valence-corrected chi connectivity index (χ1v) is 10.1. The van der Waals surface area contributed by atoms with Gasteiger partial charge >= 0.3 is 0 Å². The number of halogens is 2. The zero-order chi connectivity index (χ0) is 14.9. The van der Waals surface area contributed by atoms with Crippen LogP contribution in [0, 0.1) is 0 Å². The molecule has 0 heterocycles. The Hall–Kier alpha value is 0.0600. The summed E-state index contributed by atoms with van der Waals surface area (Å²) in [5, 5.41) is 0. The first-order chi connectivity index (χ1) is 10.2. The van der Waals surface area contributed by atoms with Gasteiger partial charge in [0.15, 0.2) is 0 Å². The quantitative estimate of drug-likeness (QED) is 0.361. The summed E-state index contributed by atoms with van der Waals surface area (Å²) in [6.07, 6.45) is 0. The first-order valence-electron chi connectivity index (χ1n) is 6.53. The first kappa shape index (κ1) is 17.4. The molecule has 0 fully saturated rings. The van der Waals surface area contributed by atoms with Gasteiger partial charge in [0.1, 0.15) is 0 Å². The van der Waals surface area contributed by atoms with E-state index < -0.39 is 0 Å². The van der Waals surface area contributed by atoms with Crippen LogP contribution >= 0.6 is 55.4 Å². The second-order valence-corrected chi connectivity index (χ2v) is 10.2. The van der Waals surface area contributed by atoms with Crippen molar-refractivity contribution in [1.82, 2.24) is 0 Å². The van der Waals surface area contributed by atoms with E-state index in [-0.39, 0.29) is 8.32 Å². The fraction of sp³-hybridized carbons (Fsp3) is 0.250. The Balaban J connectivity index is 1.64. The van der Waals surface area contributed by atoms with Gasteiger partial charge in [0.2, 0.25) is 0 Å². The number of hydrogen-bond donors (Lipinski definition) is 0. The Morgan fingerprint density at radius 3 is 1.48 bits per heavy atom. The molecule has 0 aliphatic rings. The number of rotatable bonds is 8. The third-order valence-corrected chi connectivity index (χ3v) is 6.03. The molecule has 0 radical (unpaired) electrons. The lowest BCUT2D eigenvalue weighted by atomic mass is 10.4. The number of ether oxygens (including phenoxy) is 1. The van der Waals surface area contributed by atoms with Gasteiger partial charge in [0.05, 0.1) is 21.5 Å². The van der Waals surface area contributed by atoms with Gasteiger partial charge in [-0.25, -0.2) is 0 Å². The van der Waals surface area contributed by atoms with E-state index in [4.69, 9.17) is 4.74 Å². The summed E-state index contributed by atoms with van der Waals surface area (Å²) in [5.74, 6) is 0. The van der Waals surface area contributed by atoms with Crippen molar-refractivity contribution in [3.05, 3.63) is 60.7 Å². The van der Waals surface area contributed by atoms with Crippen molar-refractivity contribution in [2.75, 3.05) is 13.2 Å².